The number of hydrogen-bond acceptors (Lipinski definition) is 7. The Labute approximate surface area is 150 Å². The molecule has 0 fully saturated rings. The SMILES string of the molecule is COc1cc2c(c(OC)c1C(=O)CCC(=O)c1cccnc1)OCCO2. The van der Waals surface area contributed by atoms with E-state index in [1.54, 1.807) is 24.4 Å². The van der Waals surface area contributed by atoms with Crippen molar-refractivity contribution in [3.63, 3.8) is 0 Å². The van der Waals surface area contributed by atoms with Gasteiger partial charge in [-0.25, -0.2) is 0 Å². The Morgan fingerprint density at radius 3 is 2.58 bits per heavy atom. The predicted molar refractivity (Wildman–Crippen MR) is 92.7 cm³/mol. The van der Waals surface area contributed by atoms with Crippen LogP contribution >= 0.6 is 0 Å². The lowest BCUT2D eigenvalue weighted by molar-refractivity contribution is 0.0912. The number of carbonyl (C=O) groups excluding carboxylic acids is 2. The minimum absolute atomic E-state index is 0.0140. The van der Waals surface area contributed by atoms with Gasteiger partial charge in [-0.2, -0.15) is 0 Å². The number of fused-ring (bicyclic) bond motifs is 1. The van der Waals surface area contributed by atoms with E-state index in [-0.39, 0.29) is 35.7 Å². The van der Waals surface area contributed by atoms with Gasteiger partial charge in [-0.15, -0.1) is 0 Å². The third-order valence-electron chi connectivity index (χ3n) is 4.02. The first-order chi connectivity index (χ1) is 12.7. The normalized spacial score (nSPS) is 12.4. The maximum atomic E-state index is 12.8. The molecule has 1 aliphatic heterocycles. The summed E-state index contributed by atoms with van der Waals surface area (Å²) in [6.45, 7) is 0.773. The molecule has 1 aliphatic rings. The number of methoxy groups -OCH3 is 2. The molecule has 0 radical (unpaired) electrons. The van der Waals surface area contributed by atoms with Gasteiger partial charge in [0.1, 0.15) is 24.5 Å². The highest BCUT2D eigenvalue weighted by Crippen LogP contribution is 2.47. The molecule has 7 nitrogen and oxygen atoms in total. The molecule has 136 valence electrons. The van der Waals surface area contributed by atoms with Crippen molar-refractivity contribution in [2.24, 2.45) is 0 Å². The van der Waals surface area contributed by atoms with Gasteiger partial charge in [-0.05, 0) is 12.1 Å². The van der Waals surface area contributed by atoms with Gasteiger partial charge in [0.25, 0.3) is 0 Å². The van der Waals surface area contributed by atoms with E-state index in [0.717, 1.165) is 0 Å². The van der Waals surface area contributed by atoms with Gasteiger partial charge in [-0.1, -0.05) is 0 Å². The number of benzene rings is 1. The molecule has 0 saturated heterocycles. The van der Waals surface area contributed by atoms with Gasteiger partial charge in [0.05, 0.1) is 14.2 Å². The fourth-order valence-corrected chi connectivity index (χ4v) is 2.78. The highest BCUT2D eigenvalue weighted by Gasteiger charge is 2.28. The standard InChI is InChI=1S/C19H19NO6/c1-23-15-10-16-18(26-9-8-25-16)19(24-2)17(15)14(22)6-5-13(21)12-4-3-7-20-11-12/h3-4,7,10-11H,5-6,8-9H2,1-2H3. The Morgan fingerprint density at radius 1 is 1.12 bits per heavy atom. The Bertz CT molecular complexity index is 819. The monoisotopic (exact) mass is 357 g/mol. The summed E-state index contributed by atoms with van der Waals surface area (Å²) in [5.41, 5.74) is 0.722. The van der Waals surface area contributed by atoms with E-state index >= 15 is 0 Å². The molecule has 3 rings (SSSR count). The molecule has 2 aromatic rings. The van der Waals surface area contributed by atoms with Crippen LogP contribution in [0.25, 0.3) is 0 Å². The molecule has 0 bridgehead atoms. The summed E-state index contributed by atoms with van der Waals surface area (Å²) < 4.78 is 21.9. The second-order valence-corrected chi connectivity index (χ2v) is 5.60. The third kappa shape index (κ3) is 3.46. The van der Waals surface area contributed by atoms with Crippen LogP contribution in [0.1, 0.15) is 33.6 Å². The fraction of sp³-hybridized carbons (Fsp3) is 0.316. The summed E-state index contributed by atoms with van der Waals surface area (Å²) in [6, 6.07) is 4.96. The van der Waals surface area contributed by atoms with Gasteiger partial charge in [-0.3, -0.25) is 14.6 Å². The lowest BCUT2D eigenvalue weighted by Gasteiger charge is -2.23. The van der Waals surface area contributed by atoms with Crippen molar-refractivity contribution in [1.82, 2.24) is 4.98 Å². The van der Waals surface area contributed by atoms with Crippen LogP contribution in [0.5, 0.6) is 23.0 Å². The van der Waals surface area contributed by atoms with Gasteiger partial charge >= 0.3 is 0 Å². The number of aromatic nitrogens is 1. The Balaban J connectivity index is 1.85. The van der Waals surface area contributed by atoms with E-state index in [4.69, 9.17) is 18.9 Å². The quantitative estimate of drug-likeness (QED) is 0.705. The highest BCUT2D eigenvalue weighted by atomic mass is 16.6. The third-order valence-corrected chi connectivity index (χ3v) is 4.02. The topological polar surface area (TPSA) is 84.0 Å². The minimum atomic E-state index is -0.270. The predicted octanol–water partition coefficient (Wildman–Crippen LogP) is 2.72. The molecule has 0 amide bonds. The van der Waals surface area contributed by atoms with E-state index in [9.17, 15) is 9.59 Å². The first kappa shape index (κ1) is 17.7. The van der Waals surface area contributed by atoms with Crippen molar-refractivity contribution in [2.45, 2.75) is 12.8 Å². The Hall–Kier alpha value is -3.09. The number of ether oxygens (including phenoxy) is 4. The van der Waals surface area contributed by atoms with Crippen molar-refractivity contribution >= 4 is 11.6 Å². The maximum absolute atomic E-state index is 12.8. The number of ketones is 2. The molecule has 0 unspecified atom stereocenters. The van der Waals surface area contributed by atoms with Crippen LogP contribution in [0.2, 0.25) is 0 Å². The number of rotatable bonds is 7. The molecular formula is C19H19NO6. The second kappa shape index (κ2) is 7.86. The summed E-state index contributed by atoms with van der Waals surface area (Å²) in [7, 11) is 2.91. The Kier molecular flexibility index (Phi) is 5.36. The van der Waals surface area contributed by atoms with Crippen LogP contribution in [0.4, 0.5) is 0 Å². The number of nitrogens with zero attached hydrogens (tertiary/aromatic N) is 1. The smallest absolute Gasteiger partial charge is 0.204 e. The van der Waals surface area contributed by atoms with E-state index in [0.29, 0.717) is 36.0 Å². The number of hydrogen-bond donors (Lipinski definition) is 0. The van der Waals surface area contributed by atoms with Gasteiger partial charge in [0, 0.05) is 36.9 Å². The molecule has 1 aromatic carbocycles. The molecule has 0 atom stereocenters. The van der Waals surface area contributed by atoms with Crippen LogP contribution in [-0.4, -0.2) is 44.0 Å². The molecular weight excluding hydrogens is 338 g/mol. The van der Waals surface area contributed by atoms with Crippen LogP contribution in [0.15, 0.2) is 30.6 Å². The van der Waals surface area contributed by atoms with Gasteiger partial charge in [0.15, 0.2) is 23.1 Å². The molecule has 0 aliphatic carbocycles. The van der Waals surface area contributed by atoms with E-state index in [2.05, 4.69) is 4.98 Å². The summed E-state index contributed by atoms with van der Waals surface area (Å²) in [5.74, 6) is 1.01. The lowest BCUT2D eigenvalue weighted by Crippen LogP contribution is -2.18. The molecule has 0 spiro atoms. The summed E-state index contributed by atoms with van der Waals surface area (Å²) in [5, 5.41) is 0. The van der Waals surface area contributed by atoms with Crippen molar-refractivity contribution in [3.8, 4) is 23.0 Å². The summed E-state index contributed by atoms with van der Waals surface area (Å²) >= 11 is 0. The van der Waals surface area contributed by atoms with Crippen LogP contribution in [0, 0.1) is 0 Å². The maximum Gasteiger partial charge on any atom is 0.204 e. The minimum Gasteiger partial charge on any atom is -0.496 e. The first-order valence-electron chi connectivity index (χ1n) is 8.16. The van der Waals surface area contributed by atoms with Gasteiger partial charge in [0.2, 0.25) is 5.75 Å². The molecule has 26 heavy (non-hydrogen) atoms. The fourth-order valence-electron chi connectivity index (χ4n) is 2.78. The number of carbonyl (C=O) groups is 2. The summed E-state index contributed by atoms with van der Waals surface area (Å²) in [6.07, 6.45) is 3.15. The zero-order valence-electron chi connectivity index (χ0n) is 14.6. The first-order valence-corrected chi connectivity index (χ1v) is 8.16. The molecule has 0 saturated carbocycles. The van der Waals surface area contributed by atoms with Gasteiger partial charge < -0.3 is 18.9 Å². The second-order valence-electron chi connectivity index (χ2n) is 5.60. The molecule has 1 aromatic heterocycles. The number of Topliss-reactive ketones (excluding diaryl/α,β-unsaturated/α-hetero) is 2. The van der Waals surface area contributed by atoms with E-state index < -0.39 is 0 Å². The van der Waals surface area contributed by atoms with Crippen LogP contribution in [0.3, 0.4) is 0 Å². The molecule has 0 N–H and O–H groups in total. The largest absolute Gasteiger partial charge is 0.496 e. The number of pyridine rings is 1. The van der Waals surface area contributed by atoms with E-state index in [1.165, 1.54) is 20.4 Å². The average Bonchev–Trinajstić information content (AvgIpc) is 2.70. The average molecular weight is 357 g/mol. The zero-order valence-corrected chi connectivity index (χ0v) is 14.6. The molecule has 2 heterocycles. The van der Waals surface area contributed by atoms with E-state index in [1.807, 2.05) is 0 Å². The van der Waals surface area contributed by atoms with Crippen molar-refractivity contribution in [3.05, 3.63) is 41.7 Å². The van der Waals surface area contributed by atoms with Crippen LogP contribution in [-0.2, 0) is 0 Å². The van der Waals surface area contributed by atoms with Crippen LogP contribution < -0.4 is 18.9 Å². The van der Waals surface area contributed by atoms with Crippen molar-refractivity contribution in [2.75, 3.05) is 27.4 Å². The van der Waals surface area contributed by atoms with Crippen molar-refractivity contribution in [1.29, 1.82) is 0 Å². The zero-order chi connectivity index (χ0) is 18.5. The molecule has 7 heteroatoms. The summed E-state index contributed by atoms with van der Waals surface area (Å²) in [4.78, 5) is 28.9. The van der Waals surface area contributed by atoms with Crippen molar-refractivity contribution < 1.29 is 28.5 Å². The highest BCUT2D eigenvalue weighted by molar-refractivity contribution is 6.05. The lowest BCUT2D eigenvalue weighted by atomic mass is 10.00. The Morgan fingerprint density at radius 2 is 1.88 bits per heavy atom.